The van der Waals surface area contributed by atoms with Crippen LogP contribution in [0.3, 0.4) is 0 Å². The molecule has 3 N–H and O–H groups in total. The minimum atomic E-state index is -0.489. The van der Waals surface area contributed by atoms with Crippen molar-refractivity contribution < 1.29 is 14.3 Å². The smallest absolute Gasteiger partial charge is 0.241 e. The molecule has 1 aromatic rings. The van der Waals surface area contributed by atoms with Gasteiger partial charge in [0.15, 0.2) is 0 Å². The number of nitrogens with two attached hydrogens (primary N) is 1. The second-order valence-electron chi connectivity index (χ2n) is 6.20. The highest BCUT2D eigenvalue weighted by molar-refractivity contribution is 5.94. The van der Waals surface area contributed by atoms with Crippen molar-refractivity contribution in [3.8, 4) is 5.75 Å². The summed E-state index contributed by atoms with van der Waals surface area (Å²) in [5.74, 6) is 0.956. The van der Waals surface area contributed by atoms with Crippen LogP contribution >= 0.6 is 0 Å². The molecule has 1 aliphatic heterocycles. The molecular formula is C17H26N2O3. The van der Waals surface area contributed by atoms with Gasteiger partial charge in [-0.05, 0) is 37.3 Å². The third kappa shape index (κ3) is 5.31. The first kappa shape index (κ1) is 16.8. The van der Waals surface area contributed by atoms with Crippen LogP contribution in [-0.2, 0) is 9.53 Å². The Bertz CT molecular complexity index is 485. The Labute approximate surface area is 132 Å². The molecule has 1 saturated heterocycles. The van der Waals surface area contributed by atoms with Gasteiger partial charge in [0, 0.05) is 18.4 Å². The molecule has 1 aliphatic rings. The van der Waals surface area contributed by atoms with Crippen molar-refractivity contribution in [3.63, 3.8) is 0 Å². The Balaban J connectivity index is 1.86. The lowest BCUT2D eigenvalue weighted by Gasteiger charge is -2.15. The van der Waals surface area contributed by atoms with Gasteiger partial charge < -0.3 is 20.5 Å². The highest BCUT2D eigenvalue weighted by Crippen LogP contribution is 2.20. The number of carbonyl (C=O) groups excluding carboxylic acids is 1. The van der Waals surface area contributed by atoms with Crippen LogP contribution < -0.4 is 15.8 Å². The summed E-state index contributed by atoms with van der Waals surface area (Å²) in [4.78, 5) is 12.0. The van der Waals surface area contributed by atoms with Gasteiger partial charge in [-0.25, -0.2) is 0 Å². The van der Waals surface area contributed by atoms with E-state index >= 15 is 0 Å². The molecule has 0 bridgehead atoms. The molecule has 0 radical (unpaired) electrons. The monoisotopic (exact) mass is 306 g/mol. The number of ether oxygens (including phenoxy) is 2. The summed E-state index contributed by atoms with van der Waals surface area (Å²) < 4.78 is 11.3. The van der Waals surface area contributed by atoms with Crippen LogP contribution in [0.4, 0.5) is 5.69 Å². The number of anilines is 1. The van der Waals surface area contributed by atoms with Crippen LogP contribution in [0.1, 0.15) is 33.1 Å². The molecule has 0 spiro atoms. The van der Waals surface area contributed by atoms with E-state index in [1.807, 2.05) is 38.1 Å². The first-order chi connectivity index (χ1) is 10.5. The lowest BCUT2D eigenvalue weighted by molar-refractivity contribution is -0.117. The van der Waals surface area contributed by atoms with Crippen molar-refractivity contribution in [3.05, 3.63) is 24.3 Å². The molecule has 2 atom stereocenters. The molecule has 22 heavy (non-hydrogen) atoms. The summed E-state index contributed by atoms with van der Waals surface area (Å²) >= 11 is 0. The van der Waals surface area contributed by atoms with Crippen molar-refractivity contribution in [1.29, 1.82) is 0 Å². The van der Waals surface area contributed by atoms with Gasteiger partial charge in [-0.3, -0.25) is 4.79 Å². The van der Waals surface area contributed by atoms with Crippen LogP contribution in [0.15, 0.2) is 24.3 Å². The molecule has 2 rings (SSSR count). The second-order valence-corrected chi connectivity index (χ2v) is 6.20. The standard InChI is InChI=1S/C17H26N2O3/c1-12(2)9-16(18)17(20)19-13-5-3-6-14(10-13)22-11-15-7-4-8-21-15/h3,5-6,10,12,15-16H,4,7-9,11,18H2,1-2H3,(H,19,20)/t15?,16-/m0/s1. The van der Waals surface area contributed by atoms with E-state index in [0.717, 1.165) is 25.2 Å². The molecule has 0 saturated carbocycles. The van der Waals surface area contributed by atoms with E-state index in [1.54, 1.807) is 0 Å². The zero-order valence-electron chi connectivity index (χ0n) is 13.4. The molecule has 122 valence electrons. The van der Waals surface area contributed by atoms with E-state index in [9.17, 15) is 4.79 Å². The van der Waals surface area contributed by atoms with Gasteiger partial charge in [0.05, 0.1) is 12.1 Å². The predicted molar refractivity (Wildman–Crippen MR) is 87.0 cm³/mol. The molecule has 1 unspecified atom stereocenters. The fourth-order valence-electron chi connectivity index (χ4n) is 2.48. The van der Waals surface area contributed by atoms with E-state index < -0.39 is 6.04 Å². The molecule has 5 nitrogen and oxygen atoms in total. The number of nitrogens with one attached hydrogen (secondary N) is 1. The molecular weight excluding hydrogens is 280 g/mol. The highest BCUT2D eigenvalue weighted by Gasteiger charge is 2.17. The van der Waals surface area contributed by atoms with E-state index in [0.29, 0.717) is 24.6 Å². The summed E-state index contributed by atoms with van der Waals surface area (Å²) in [5.41, 5.74) is 6.59. The van der Waals surface area contributed by atoms with E-state index in [4.69, 9.17) is 15.2 Å². The maximum absolute atomic E-state index is 12.0. The van der Waals surface area contributed by atoms with E-state index in [1.165, 1.54) is 0 Å². The third-order valence-corrected chi connectivity index (χ3v) is 3.62. The summed E-state index contributed by atoms with van der Waals surface area (Å²) in [6.45, 7) is 5.46. The number of benzene rings is 1. The Kier molecular flexibility index (Phi) is 6.21. The van der Waals surface area contributed by atoms with Crippen molar-refractivity contribution in [2.75, 3.05) is 18.5 Å². The molecule has 1 aromatic carbocycles. The lowest BCUT2D eigenvalue weighted by Crippen LogP contribution is -2.36. The first-order valence-electron chi connectivity index (χ1n) is 7.95. The van der Waals surface area contributed by atoms with Crippen LogP contribution in [-0.4, -0.2) is 31.3 Å². The van der Waals surface area contributed by atoms with Crippen LogP contribution in [0.2, 0.25) is 0 Å². The van der Waals surface area contributed by atoms with Crippen molar-refractivity contribution in [2.24, 2.45) is 11.7 Å². The Morgan fingerprint density at radius 2 is 2.32 bits per heavy atom. The quantitative estimate of drug-likeness (QED) is 0.812. The maximum atomic E-state index is 12.0. The summed E-state index contributed by atoms with van der Waals surface area (Å²) in [6, 6.07) is 6.89. The second kappa shape index (κ2) is 8.15. The fourth-order valence-corrected chi connectivity index (χ4v) is 2.48. The molecule has 0 aromatic heterocycles. The minimum Gasteiger partial charge on any atom is -0.491 e. The van der Waals surface area contributed by atoms with Gasteiger partial charge in [0.2, 0.25) is 5.91 Å². The average molecular weight is 306 g/mol. The van der Waals surface area contributed by atoms with Gasteiger partial charge in [0.1, 0.15) is 12.4 Å². The highest BCUT2D eigenvalue weighted by atomic mass is 16.5. The Morgan fingerprint density at radius 3 is 3.00 bits per heavy atom. The Morgan fingerprint density at radius 1 is 1.50 bits per heavy atom. The van der Waals surface area contributed by atoms with Crippen molar-refractivity contribution in [2.45, 2.75) is 45.3 Å². The topological polar surface area (TPSA) is 73.6 Å². The van der Waals surface area contributed by atoms with Crippen LogP contribution in [0.5, 0.6) is 5.75 Å². The lowest BCUT2D eigenvalue weighted by atomic mass is 10.0. The summed E-state index contributed by atoms with van der Waals surface area (Å²) in [7, 11) is 0. The average Bonchev–Trinajstić information content (AvgIpc) is 2.98. The SMILES string of the molecule is CC(C)C[C@H](N)C(=O)Nc1cccc(OCC2CCCO2)c1. The van der Waals surface area contributed by atoms with Crippen LogP contribution in [0, 0.1) is 5.92 Å². The molecule has 1 amide bonds. The zero-order valence-corrected chi connectivity index (χ0v) is 13.4. The number of hydrogen-bond donors (Lipinski definition) is 2. The molecule has 1 fully saturated rings. The number of carbonyl (C=O) groups is 1. The number of hydrogen-bond acceptors (Lipinski definition) is 4. The molecule has 0 aliphatic carbocycles. The fraction of sp³-hybridized carbons (Fsp3) is 0.588. The molecule has 1 heterocycles. The van der Waals surface area contributed by atoms with E-state index in [2.05, 4.69) is 5.32 Å². The van der Waals surface area contributed by atoms with Gasteiger partial charge >= 0.3 is 0 Å². The van der Waals surface area contributed by atoms with Crippen molar-refractivity contribution in [1.82, 2.24) is 0 Å². The zero-order chi connectivity index (χ0) is 15.9. The van der Waals surface area contributed by atoms with Gasteiger partial charge in [-0.1, -0.05) is 19.9 Å². The predicted octanol–water partition coefficient (Wildman–Crippen LogP) is 2.56. The molecule has 5 heteroatoms. The van der Waals surface area contributed by atoms with Gasteiger partial charge in [-0.15, -0.1) is 0 Å². The maximum Gasteiger partial charge on any atom is 0.241 e. The normalized spacial score (nSPS) is 19.2. The van der Waals surface area contributed by atoms with Crippen LogP contribution in [0.25, 0.3) is 0 Å². The minimum absolute atomic E-state index is 0.162. The largest absolute Gasteiger partial charge is 0.491 e. The van der Waals surface area contributed by atoms with Gasteiger partial charge in [0.25, 0.3) is 0 Å². The third-order valence-electron chi connectivity index (χ3n) is 3.62. The first-order valence-corrected chi connectivity index (χ1v) is 7.95. The summed E-state index contributed by atoms with van der Waals surface area (Å²) in [5, 5.41) is 2.84. The summed E-state index contributed by atoms with van der Waals surface area (Å²) in [6.07, 6.45) is 2.98. The van der Waals surface area contributed by atoms with Gasteiger partial charge in [-0.2, -0.15) is 0 Å². The number of amides is 1. The number of rotatable bonds is 7. The van der Waals surface area contributed by atoms with Crippen molar-refractivity contribution >= 4 is 11.6 Å². The van der Waals surface area contributed by atoms with E-state index in [-0.39, 0.29) is 12.0 Å². The Hall–Kier alpha value is -1.59.